The van der Waals surface area contributed by atoms with Crippen molar-refractivity contribution in [3.63, 3.8) is 0 Å². The van der Waals surface area contributed by atoms with Crippen molar-refractivity contribution in [1.29, 1.82) is 0 Å². The number of anilines is 1. The number of aromatic nitrogens is 1. The van der Waals surface area contributed by atoms with Gasteiger partial charge >= 0.3 is 0 Å². The summed E-state index contributed by atoms with van der Waals surface area (Å²) in [6, 6.07) is 3.17. The van der Waals surface area contributed by atoms with Crippen molar-refractivity contribution >= 4 is 17.6 Å². The van der Waals surface area contributed by atoms with Gasteiger partial charge in [0.15, 0.2) is 0 Å². The van der Waals surface area contributed by atoms with Crippen LogP contribution in [0.4, 0.5) is 5.82 Å². The zero-order chi connectivity index (χ0) is 15.3. The number of rotatable bonds is 4. The Morgan fingerprint density at radius 2 is 1.95 bits per heavy atom. The van der Waals surface area contributed by atoms with Crippen LogP contribution in [0.5, 0.6) is 0 Å². The summed E-state index contributed by atoms with van der Waals surface area (Å²) in [6.45, 7) is 7.50. The van der Waals surface area contributed by atoms with Gasteiger partial charge in [-0.2, -0.15) is 0 Å². The molecule has 1 aromatic rings. The first-order valence-electron chi connectivity index (χ1n) is 6.57. The van der Waals surface area contributed by atoms with Gasteiger partial charge in [-0.05, 0) is 39.3 Å². The third-order valence-electron chi connectivity index (χ3n) is 2.45. The van der Waals surface area contributed by atoms with E-state index < -0.39 is 0 Å². The van der Waals surface area contributed by atoms with Gasteiger partial charge in [0.1, 0.15) is 5.82 Å². The standard InChI is InChI=1S/C14H22N4O2/c1-5-10-6-9(7-11(15)17-10)13(20)16-8-12(19)18-14(2,3)4/h6-7H,5,8H2,1-4H3,(H2,15,17)(H,16,20)(H,18,19). The van der Waals surface area contributed by atoms with Gasteiger partial charge in [0.2, 0.25) is 5.91 Å². The van der Waals surface area contributed by atoms with Crippen molar-refractivity contribution in [3.8, 4) is 0 Å². The number of nitrogens with two attached hydrogens (primary N) is 1. The molecule has 0 aliphatic heterocycles. The van der Waals surface area contributed by atoms with Gasteiger partial charge in [-0.25, -0.2) is 4.98 Å². The molecule has 6 nitrogen and oxygen atoms in total. The van der Waals surface area contributed by atoms with Crippen LogP contribution in [-0.2, 0) is 11.2 Å². The van der Waals surface area contributed by atoms with E-state index in [0.717, 1.165) is 5.69 Å². The number of nitrogens with zero attached hydrogens (tertiary/aromatic N) is 1. The molecule has 1 rings (SSSR count). The zero-order valence-corrected chi connectivity index (χ0v) is 12.4. The number of carbonyl (C=O) groups excluding carboxylic acids is 2. The molecule has 20 heavy (non-hydrogen) atoms. The van der Waals surface area contributed by atoms with Crippen molar-refractivity contribution in [1.82, 2.24) is 15.6 Å². The van der Waals surface area contributed by atoms with E-state index in [1.165, 1.54) is 6.07 Å². The maximum atomic E-state index is 12.0. The fourth-order valence-electron chi connectivity index (χ4n) is 1.65. The van der Waals surface area contributed by atoms with E-state index in [1.54, 1.807) is 6.07 Å². The number of hydrogen-bond acceptors (Lipinski definition) is 4. The van der Waals surface area contributed by atoms with Crippen LogP contribution < -0.4 is 16.4 Å². The maximum absolute atomic E-state index is 12.0. The number of nitrogen functional groups attached to an aromatic ring is 1. The average Bonchev–Trinajstić information content (AvgIpc) is 2.33. The molecule has 1 heterocycles. The normalized spacial score (nSPS) is 11.0. The number of nitrogens with one attached hydrogen (secondary N) is 2. The summed E-state index contributed by atoms with van der Waals surface area (Å²) in [5.41, 5.74) is 6.48. The summed E-state index contributed by atoms with van der Waals surface area (Å²) in [7, 11) is 0. The van der Waals surface area contributed by atoms with E-state index in [9.17, 15) is 9.59 Å². The molecule has 0 radical (unpaired) electrons. The van der Waals surface area contributed by atoms with Crippen molar-refractivity contribution < 1.29 is 9.59 Å². The molecular formula is C14H22N4O2. The first-order valence-corrected chi connectivity index (χ1v) is 6.57. The van der Waals surface area contributed by atoms with Crippen LogP contribution >= 0.6 is 0 Å². The summed E-state index contributed by atoms with van der Waals surface area (Å²) in [5.74, 6) is -0.268. The highest BCUT2D eigenvalue weighted by atomic mass is 16.2. The van der Waals surface area contributed by atoms with Crippen molar-refractivity contribution in [2.45, 2.75) is 39.7 Å². The zero-order valence-electron chi connectivity index (χ0n) is 12.4. The Labute approximate surface area is 119 Å². The van der Waals surface area contributed by atoms with Gasteiger partial charge in [0.05, 0.1) is 6.54 Å². The minimum atomic E-state index is -0.335. The Balaban J connectivity index is 2.63. The Morgan fingerprint density at radius 1 is 1.30 bits per heavy atom. The first-order chi connectivity index (χ1) is 9.21. The number of carbonyl (C=O) groups is 2. The minimum Gasteiger partial charge on any atom is -0.384 e. The molecule has 6 heteroatoms. The molecule has 0 unspecified atom stereocenters. The predicted molar refractivity (Wildman–Crippen MR) is 78.3 cm³/mol. The molecule has 0 spiro atoms. The van der Waals surface area contributed by atoms with Crippen LogP contribution in [-0.4, -0.2) is 28.9 Å². The van der Waals surface area contributed by atoms with Gasteiger partial charge in [0.25, 0.3) is 5.91 Å². The molecule has 4 N–H and O–H groups in total. The molecule has 0 saturated heterocycles. The Morgan fingerprint density at radius 3 is 2.50 bits per heavy atom. The largest absolute Gasteiger partial charge is 0.384 e. The molecule has 2 amide bonds. The molecule has 0 aliphatic carbocycles. The molecule has 0 fully saturated rings. The molecule has 0 atom stereocenters. The van der Waals surface area contributed by atoms with Crippen molar-refractivity contribution in [3.05, 3.63) is 23.4 Å². The first kappa shape index (κ1) is 15.9. The number of aryl methyl sites for hydroxylation is 1. The SMILES string of the molecule is CCc1cc(C(=O)NCC(=O)NC(C)(C)C)cc(N)n1. The molecule has 1 aromatic heterocycles. The lowest BCUT2D eigenvalue weighted by molar-refractivity contribution is -0.121. The molecule has 0 aliphatic rings. The van der Waals surface area contributed by atoms with Crippen LogP contribution in [0.3, 0.4) is 0 Å². The number of amides is 2. The third-order valence-corrected chi connectivity index (χ3v) is 2.45. The Hall–Kier alpha value is -2.11. The van der Waals surface area contributed by atoms with Crippen molar-refractivity contribution in [2.24, 2.45) is 0 Å². The average molecular weight is 278 g/mol. The van der Waals surface area contributed by atoms with Gasteiger partial charge in [0, 0.05) is 16.8 Å². The summed E-state index contributed by atoms with van der Waals surface area (Å²) < 4.78 is 0. The van der Waals surface area contributed by atoms with Crippen LogP contribution in [0.2, 0.25) is 0 Å². The fraction of sp³-hybridized carbons (Fsp3) is 0.500. The third kappa shape index (κ3) is 5.26. The van der Waals surface area contributed by atoms with E-state index >= 15 is 0 Å². The molecule has 0 saturated carbocycles. The molecule has 0 bridgehead atoms. The Kier molecular flexibility index (Phi) is 5.07. The van der Waals surface area contributed by atoms with E-state index in [1.807, 2.05) is 27.7 Å². The van der Waals surface area contributed by atoms with Crippen LogP contribution in [0.25, 0.3) is 0 Å². The van der Waals surface area contributed by atoms with Gasteiger partial charge in [-0.1, -0.05) is 6.92 Å². The second-order valence-corrected chi connectivity index (χ2v) is 5.61. The maximum Gasteiger partial charge on any atom is 0.251 e. The van der Waals surface area contributed by atoms with Gasteiger partial charge < -0.3 is 16.4 Å². The lowest BCUT2D eigenvalue weighted by atomic mass is 10.1. The number of hydrogen-bond donors (Lipinski definition) is 3. The number of pyridine rings is 1. The second-order valence-electron chi connectivity index (χ2n) is 5.61. The molecular weight excluding hydrogens is 256 g/mol. The summed E-state index contributed by atoms with van der Waals surface area (Å²) in [4.78, 5) is 27.7. The van der Waals surface area contributed by atoms with Crippen LogP contribution in [0.15, 0.2) is 12.1 Å². The lowest BCUT2D eigenvalue weighted by Gasteiger charge is -2.20. The second kappa shape index (κ2) is 6.36. The quantitative estimate of drug-likeness (QED) is 0.761. The van der Waals surface area contributed by atoms with E-state index in [0.29, 0.717) is 17.8 Å². The highest BCUT2D eigenvalue weighted by molar-refractivity contribution is 5.97. The highest BCUT2D eigenvalue weighted by Crippen LogP contribution is 2.08. The van der Waals surface area contributed by atoms with E-state index in [-0.39, 0.29) is 23.9 Å². The molecule has 110 valence electrons. The van der Waals surface area contributed by atoms with Gasteiger partial charge in [-0.3, -0.25) is 9.59 Å². The van der Waals surface area contributed by atoms with Crippen LogP contribution in [0, 0.1) is 0 Å². The smallest absolute Gasteiger partial charge is 0.251 e. The molecule has 0 aromatic carbocycles. The lowest BCUT2D eigenvalue weighted by Crippen LogP contribution is -2.45. The fourth-order valence-corrected chi connectivity index (χ4v) is 1.65. The van der Waals surface area contributed by atoms with Crippen molar-refractivity contribution in [2.75, 3.05) is 12.3 Å². The monoisotopic (exact) mass is 278 g/mol. The van der Waals surface area contributed by atoms with Crippen LogP contribution in [0.1, 0.15) is 43.7 Å². The highest BCUT2D eigenvalue weighted by Gasteiger charge is 2.15. The predicted octanol–water partition coefficient (Wildman–Crippen LogP) is 0.871. The van der Waals surface area contributed by atoms with E-state index in [2.05, 4.69) is 15.6 Å². The van der Waals surface area contributed by atoms with E-state index in [4.69, 9.17) is 5.73 Å². The summed E-state index contributed by atoms with van der Waals surface area (Å²) in [5, 5.41) is 5.33. The topological polar surface area (TPSA) is 97.1 Å². The summed E-state index contributed by atoms with van der Waals surface area (Å²) in [6.07, 6.45) is 0.690. The minimum absolute atomic E-state index is 0.0697. The summed E-state index contributed by atoms with van der Waals surface area (Å²) >= 11 is 0. The Bertz CT molecular complexity index is 506. The van der Waals surface area contributed by atoms with Gasteiger partial charge in [-0.15, -0.1) is 0 Å².